The molecule has 0 saturated heterocycles. The molecule has 134 valence electrons. The normalized spacial score (nSPS) is 16.2. The number of aromatic nitrogens is 1. The van der Waals surface area contributed by atoms with Crippen molar-refractivity contribution in [3.8, 4) is 0 Å². The topological polar surface area (TPSA) is 52.6 Å². The van der Waals surface area contributed by atoms with Crippen molar-refractivity contribution in [2.75, 3.05) is 32.6 Å². The van der Waals surface area contributed by atoms with Crippen LogP contribution in [-0.4, -0.2) is 38.6 Å². The fourth-order valence-corrected chi connectivity index (χ4v) is 3.95. The van der Waals surface area contributed by atoms with Crippen LogP contribution in [0.25, 0.3) is 0 Å². The van der Waals surface area contributed by atoms with E-state index in [1.807, 2.05) is 26.0 Å². The molecule has 0 amide bonds. The maximum absolute atomic E-state index is 4.60. The number of nitrogens with zero attached hydrogens (tertiary/aromatic N) is 3. The number of hydrogen-bond acceptors (Lipinski definition) is 4. The van der Waals surface area contributed by atoms with Gasteiger partial charge in [0.25, 0.3) is 0 Å². The fourth-order valence-electron chi connectivity index (χ4n) is 3.19. The van der Waals surface area contributed by atoms with E-state index in [-0.39, 0.29) is 5.41 Å². The molecule has 1 saturated carbocycles. The molecular weight excluding hydrogens is 330 g/mol. The van der Waals surface area contributed by atoms with Crippen molar-refractivity contribution < 1.29 is 0 Å². The highest BCUT2D eigenvalue weighted by atomic mass is 32.1. The molecule has 25 heavy (non-hydrogen) atoms. The van der Waals surface area contributed by atoms with Crippen LogP contribution in [0, 0.1) is 0 Å². The van der Waals surface area contributed by atoms with Gasteiger partial charge in [-0.05, 0) is 18.4 Å². The Morgan fingerprint density at radius 1 is 1.24 bits per heavy atom. The van der Waals surface area contributed by atoms with Gasteiger partial charge >= 0.3 is 0 Å². The van der Waals surface area contributed by atoms with E-state index in [2.05, 4.69) is 56.3 Å². The van der Waals surface area contributed by atoms with E-state index in [0.717, 1.165) is 23.3 Å². The lowest BCUT2D eigenvalue weighted by Crippen LogP contribution is -2.48. The Bertz CT molecular complexity index is 704. The van der Waals surface area contributed by atoms with Crippen molar-refractivity contribution in [3.63, 3.8) is 0 Å². The molecule has 1 fully saturated rings. The zero-order chi connectivity index (χ0) is 17.7. The predicted molar refractivity (Wildman–Crippen MR) is 107 cm³/mol. The summed E-state index contributed by atoms with van der Waals surface area (Å²) in [5.41, 5.74) is 2.72. The van der Waals surface area contributed by atoms with Crippen molar-refractivity contribution in [3.05, 3.63) is 47.0 Å². The monoisotopic (exact) mass is 357 g/mol. The Morgan fingerprint density at radius 2 is 2.00 bits per heavy atom. The standard InChI is InChI=1S/C19H27N5S/c1-20-17(21-12-16-13-25-18(23-16)24(2)3)22-14-19(10-7-11-19)15-8-5-4-6-9-15/h4-6,8-9,13H,7,10-12,14H2,1-3H3,(H2,20,21,22). The SMILES string of the molecule is CN=C(NCc1csc(N(C)C)n1)NCC1(c2ccccc2)CCC1. The molecule has 5 nitrogen and oxygen atoms in total. The molecule has 0 radical (unpaired) electrons. The van der Waals surface area contributed by atoms with Gasteiger partial charge in [0.15, 0.2) is 11.1 Å². The molecule has 2 N–H and O–H groups in total. The van der Waals surface area contributed by atoms with Crippen molar-refractivity contribution in [1.82, 2.24) is 15.6 Å². The Labute approximate surface area is 154 Å². The molecule has 0 unspecified atom stereocenters. The zero-order valence-corrected chi connectivity index (χ0v) is 16.1. The van der Waals surface area contributed by atoms with Crippen LogP contribution in [0.2, 0.25) is 0 Å². The van der Waals surface area contributed by atoms with E-state index in [9.17, 15) is 0 Å². The lowest BCUT2D eigenvalue weighted by molar-refractivity contribution is 0.244. The molecule has 1 aliphatic carbocycles. The quantitative estimate of drug-likeness (QED) is 0.616. The van der Waals surface area contributed by atoms with Crippen LogP contribution < -0.4 is 15.5 Å². The molecule has 6 heteroatoms. The summed E-state index contributed by atoms with van der Waals surface area (Å²) in [5.74, 6) is 0.835. The second-order valence-corrected chi connectivity index (χ2v) is 7.63. The third-order valence-corrected chi connectivity index (χ3v) is 5.93. The molecule has 0 aliphatic heterocycles. The highest BCUT2D eigenvalue weighted by Gasteiger charge is 2.38. The molecule has 1 aliphatic rings. The summed E-state index contributed by atoms with van der Waals surface area (Å²) in [7, 11) is 5.84. The van der Waals surface area contributed by atoms with E-state index in [1.165, 1.54) is 24.8 Å². The van der Waals surface area contributed by atoms with Crippen molar-refractivity contribution >= 4 is 22.4 Å². The first kappa shape index (κ1) is 17.7. The number of nitrogens with one attached hydrogen (secondary N) is 2. The maximum atomic E-state index is 4.60. The Morgan fingerprint density at radius 3 is 2.56 bits per heavy atom. The van der Waals surface area contributed by atoms with Crippen molar-refractivity contribution in [1.29, 1.82) is 0 Å². The molecular formula is C19H27N5S. The molecule has 1 heterocycles. The van der Waals surface area contributed by atoms with Gasteiger partial charge in [0.2, 0.25) is 0 Å². The first-order valence-corrected chi connectivity index (χ1v) is 9.63. The first-order chi connectivity index (χ1) is 12.1. The number of guanidine groups is 1. The molecule has 0 bridgehead atoms. The second kappa shape index (κ2) is 7.87. The number of aliphatic imine (C=N–C) groups is 1. The lowest BCUT2D eigenvalue weighted by Gasteiger charge is -2.43. The summed E-state index contributed by atoms with van der Waals surface area (Å²) in [6.07, 6.45) is 3.77. The van der Waals surface area contributed by atoms with E-state index < -0.39 is 0 Å². The number of thiazole rings is 1. The summed E-state index contributed by atoms with van der Waals surface area (Å²) in [5, 5.41) is 10.0. The Hall–Kier alpha value is -2.08. The molecule has 0 spiro atoms. The second-order valence-electron chi connectivity index (χ2n) is 6.80. The van der Waals surface area contributed by atoms with Crippen LogP contribution in [0.1, 0.15) is 30.5 Å². The third-order valence-electron chi connectivity index (χ3n) is 4.87. The minimum atomic E-state index is 0.248. The van der Waals surface area contributed by atoms with Gasteiger partial charge in [-0.2, -0.15) is 0 Å². The summed E-state index contributed by atoms with van der Waals surface area (Å²) in [6, 6.07) is 10.8. The zero-order valence-electron chi connectivity index (χ0n) is 15.2. The van der Waals surface area contributed by atoms with E-state index in [1.54, 1.807) is 11.3 Å². The van der Waals surface area contributed by atoms with E-state index in [4.69, 9.17) is 0 Å². The molecule has 1 aromatic carbocycles. The van der Waals surface area contributed by atoms with Gasteiger partial charge in [0, 0.05) is 38.5 Å². The van der Waals surface area contributed by atoms with Crippen LogP contribution in [0.5, 0.6) is 0 Å². The highest BCUT2D eigenvalue weighted by Crippen LogP contribution is 2.43. The van der Waals surface area contributed by atoms with Crippen LogP contribution in [0.15, 0.2) is 40.7 Å². The summed E-state index contributed by atoms with van der Waals surface area (Å²) in [6.45, 7) is 1.60. The first-order valence-electron chi connectivity index (χ1n) is 8.75. The fraction of sp³-hybridized carbons (Fsp3) is 0.474. The van der Waals surface area contributed by atoms with Gasteiger partial charge in [-0.25, -0.2) is 4.98 Å². The largest absolute Gasteiger partial charge is 0.356 e. The Kier molecular flexibility index (Phi) is 5.58. The van der Waals surface area contributed by atoms with Gasteiger partial charge < -0.3 is 15.5 Å². The number of hydrogen-bond donors (Lipinski definition) is 2. The Balaban J connectivity index is 1.55. The van der Waals surface area contributed by atoms with E-state index in [0.29, 0.717) is 6.54 Å². The van der Waals surface area contributed by atoms with Crippen LogP contribution in [0.3, 0.4) is 0 Å². The molecule has 0 atom stereocenters. The number of benzene rings is 1. The molecule has 2 aromatic rings. The summed E-state index contributed by atoms with van der Waals surface area (Å²) >= 11 is 1.66. The van der Waals surface area contributed by atoms with Crippen molar-refractivity contribution in [2.24, 2.45) is 4.99 Å². The minimum Gasteiger partial charge on any atom is -0.356 e. The molecule has 1 aromatic heterocycles. The van der Waals surface area contributed by atoms with Crippen molar-refractivity contribution in [2.45, 2.75) is 31.2 Å². The van der Waals surface area contributed by atoms with Crippen LogP contribution in [0.4, 0.5) is 5.13 Å². The summed E-state index contributed by atoms with van der Waals surface area (Å²) in [4.78, 5) is 11.0. The number of anilines is 1. The molecule has 3 rings (SSSR count). The minimum absolute atomic E-state index is 0.248. The lowest BCUT2D eigenvalue weighted by atomic mass is 9.64. The smallest absolute Gasteiger partial charge is 0.191 e. The average Bonchev–Trinajstić information content (AvgIpc) is 3.07. The maximum Gasteiger partial charge on any atom is 0.191 e. The highest BCUT2D eigenvalue weighted by molar-refractivity contribution is 7.13. The third kappa shape index (κ3) is 4.12. The van der Waals surface area contributed by atoms with Gasteiger partial charge in [-0.1, -0.05) is 36.8 Å². The van der Waals surface area contributed by atoms with E-state index >= 15 is 0 Å². The van der Waals surface area contributed by atoms with Gasteiger partial charge in [-0.15, -0.1) is 11.3 Å². The predicted octanol–water partition coefficient (Wildman–Crippen LogP) is 3.00. The van der Waals surface area contributed by atoms with Gasteiger partial charge in [-0.3, -0.25) is 4.99 Å². The average molecular weight is 358 g/mol. The van der Waals surface area contributed by atoms with Crippen LogP contribution in [-0.2, 0) is 12.0 Å². The van der Waals surface area contributed by atoms with Gasteiger partial charge in [0.1, 0.15) is 0 Å². The van der Waals surface area contributed by atoms with Gasteiger partial charge in [0.05, 0.1) is 12.2 Å². The van der Waals surface area contributed by atoms with Crippen LogP contribution >= 0.6 is 11.3 Å². The summed E-state index contributed by atoms with van der Waals surface area (Å²) < 4.78 is 0. The number of rotatable bonds is 6.